The number of nitrogens with one attached hydrogen (secondary N) is 1. The van der Waals surface area contributed by atoms with Crippen LogP contribution in [0.15, 0.2) is 18.2 Å². The number of Topliss-reactive ketones (excluding diaryl/α,β-unsaturated/α-hetero) is 1. The van der Waals surface area contributed by atoms with Crippen LogP contribution in [0, 0.1) is 11.8 Å². The Morgan fingerprint density at radius 2 is 1.91 bits per heavy atom. The summed E-state index contributed by atoms with van der Waals surface area (Å²) in [6, 6.07) is 3.57. The molecule has 0 spiro atoms. The van der Waals surface area contributed by atoms with E-state index in [1.165, 1.54) is 4.90 Å². The Balaban J connectivity index is 1.38. The number of likely N-dealkylation sites (tertiary alicyclic amines) is 1. The van der Waals surface area contributed by atoms with Crippen LogP contribution in [0.2, 0.25) is 0 Å². The summed E-state index contributed by atoms with van der Waals surface area (Å²) in [4.78, 5) is 40.8. The van der Waals surface area contributed by atoms with Crippen molar-refractivity contribution in [2.24, 2.45) is 11.8 Å². The fourth-order valence-corrected chi connectivity index (χ4v) is 5.62. The van der Waals surface area contributed by atoms with E-state index in [0.29, 0.717) is 23.0 Å². The fraction of sp³-hybridized carbons (Fsp3) is 0.609. The standard InChI is InChI=1S/C23H27ClN2O6/c1-12-2-4-13(5-3-12)19(23(29)26-9-15(24)21-20(26)16(27)10-30-21)25-22(28)14-6-7-17-18(8-14)32-11-31-17/h6-8,12-13,15,19-21H,2-5,9-11H2,1H3,(H,25,28)/t12-,13-,15-,19-,20+,21+/m0/s1. The lowest BCUT2D eigenvalue weighted by molar-refractivity contribution is -0.139. The first kappa shape index (κ1) is 21.5. The number of benzene rings is 1. The predicted octanol–water partition coefficient (Wildman–Crippen LogP) is 2.13. The average molecular weight is 463 g/mol. The SMILES string of the molecule is C[C@H]1CC[C@H]([C@H](NC(=O)c2ccc3c(c2)OCO3)C(=O)N2C[C@H](Cl)[C@H]3OCC(=O)[C@H]32)CC1. The third-order valence-electron chi connectivity index (χ3n) is 7.12. The van der Waals surface area contributed by atoms with Crippen molar-refractivity contribution in [2.75, 3.05) is 19.9 Å². The molecule has 5 rings (SSSR count). The molecule has 2 saturated heterocycles. The van der Waals surface area contributed by atoms with Gasteiger partial charge in [0, 0.05) is 12.1 Å². The van der Waals surface area contributed by atoms with Crippen molar-refractivity contribution in [2.45, 2.75) is 56.2 Å². The van der Waals surface area contributed by atoms with Crippen LogP contribution in [0.5, 0.6) is 11.5 Å². The zero-order valence-electron chi connectivity index (χ0n) is 17.9. The molecule has 2 amide bonds. The van der Waals surface area contributed by atoms with E-state index in [2.05, 4.69) is 12.2 Å². The van der Waals surface area contributed by atoms with E-state index in [1.807, 2.05) is 0 Å². The number of hydrogen-bond acceptors (Lipinski definition) is 6. The van der Waals surface area contributed by atoms with Crippen molar-refractivity contribution in [3.8, 4) is 11.5 Å². The van der Waals surface area contributed by atoms with Gasteiger partial charge < -0.3 is 24.4 Å². The second-order valence-electron chi connectivity index (χ2n) is 9.23. The number of nitrogens with zero attached hydrogens (tertiary/aromatic N) is 1. The first-order chi connectivity index (χ1) is 15.4. The molecular formula is C23H27ClN2O6. The summed E-state index contributed by atoms with van der Waals surface area (Å²) in [6.45, 7) is 2.53. The van der Waals surface area contributed by atoms with E-state index in [4.69, 9.17) is 25.8 Å². The minimum absolute atomic E-state index is 0.00177. The number of amides is 2. The normalized spacial score (nSPS) is 32.0. The average Bonchev–Trinajstić information content (AvgIpc) is 3.49. The Morgan fingerprint density at radius 1 is 1.16 bits per heavy atom. The zero-order chi connectivity index (χ0) is 22.4. The molecule has 1 aromatic carbocycles. The summed E-state index contributed by atoms with van der Waals surface area (Å²) in [7, 11) is 0. The molecule has 0 radical (unpaired) electrons. The third kappa shape index (κ3) is 3.83. The van der Waals surface area contributed by atoms with Gasteiger partial charge in [-0.1, -0.05) is 19.8 Å². The van der Waals surface area contributed by atoms with Crippen LogP contribution in [0.25, 0.3) is 0 Å². The number of alkyl halides is 1. The monoisotopic (exact) mass is 462 g/mol. The zero-order valence-corrected chi connectivity index (χ0v) is 18.7. The van der Waals surface area contributed by atoms with Crippen LogP contribution >= 0.6 is 11.6 Å². The summed E-state index contributed by atoms with van der Waals surface area (Å²) in [5.74, 6) is 0.953. The molecule has 1 aromatic rings. The van der Waals surface area contributed by atoms with Gasteiger partial charge in [-0.15, -0.1) is 11.6 Å². The molecule has 0 aromatic heterocycles. The maximum absolute atomic E-state index is 13.7. The predicted molar refractivity (Wildman–Crippen MR) is 115 cm³/mol. The van der Waals surface area contributed by atoms with E-state index >= 15 is 0 Å². The van der Waals surface area contributed by atoms with Gasteiger partial charge in [0.25, 0.3) is 5.91 Å². The maximum atomic E-state index is 13.7. The summed E-state index contributed by atoms with van der Waals surface area (Å²) >= 11 is 6.40. The topological polar surface area (TPSA) is 94.2 Å². The molecule has 3 fully saturated rings. The first-order valence-corrected chi connectivity index (χ1v) is 11.7. The highest BCUT2D eigenvalue weighted by molar-refractivity contribution is 6.22. The molecule has 32 heavy (non-hydrogen) atoms. The van der Waals surface area contributed by atoms with E-state index in [-0.39, 0.29) is 43.5 Å². The van der Waals surface area contributed by atoms with Crippen molar-refractivity contribution in [3.63, 3.8) is 0 Å². The Labute approximate surface area is 191 Å². The number of fused-ring (bicyclic) bond motifs is 2. The van der Waals surface area contributed by atoms with Crippen molar-refractivity contribution >= 4 is 29.2 Å². The number of carbonyl (C=O) groups excluding carboxylic acids is 3. The van der Waals surface area contributed by atoms with Gasteiger partial charge in [-0.05, 0) is 42.9 Å². The second-order valence-corrected chi connectivity index (χ2v) is 9.79. The van der Waals surface area contributed by atoms with Crippen molar-refractivity contribution in [1.29, 1.82) is 0 Å². The third-order valence-corrected chi connectivity index (χ3v) is 7.51. The molecule has 4 atom stereocenters. The molecule has 0 unspecified atom stereocenters. The minimum Gasteiger partial charge on any atom is -0.454 e. The van der Waals surface area contributed by atoms with Gasteiger partial charge in [0.2, 0.25) is 12.7 Å². The van der Waals surface area contributed by atoms with Gasteiger partial charge in [0.05, 0.1) is 5.38 Å². The lowest BCUT2D eigenvalue weighted by Crippen LogP contribution is -2.55. The van der Waals surface area contributed by atoms with E-state index in [9.17, 15) is 14.4 Å². The second kappa shape index (κ2) is 8.56. The van der Waals surface area contributed by atoms with Gasteiger partial charge >= 0.3 is 0 Å². The molecule has 8 nitrogen and oxygen atoms in total. The van der Waals surface area contributed by atoms with Crippen molar-refractivity contribution in [3.05, 3.63) is 23.8 Å². The van der Waals surface area contributed by atoms with Crippen LogP contribution in [-0.4, -0.2) is 66.0 Å². The lowest BCUT2D eigenvalue weighted by atomic mass is 9.78. The summed E-state index contributed by atoms with van der Waals surface area (Å²) in [5.41, 5.74) is 0.394. The molecule has 3 aliphatic heterocycles. The van der Waals surface area contributed by atoms with Crippen LogP contribution in [-0.2, 0) is 14.3 Å². The summed E-state index contributed by atoms with van der Waals surface area (Å²) < 4.78 is 16.2. The fourth-order valence-electron chi connectivity index (χ4n) is 5.27. The number of ketones is 1. The van der Waals surface area contributed by atoms with Crippen LogP contribution in [0.1, 0.15) is 43.0 Å². The van der Waals surface area contributed by atoms with Gasteiger partial charge in [0.15, 0.2) is 17.3 Å². The Morgan fingerprint density at radius 3 is 2.69 bits per heavy atom. The molecular weight excluding hydrogens is 436 g/mol. The quantitative estimate of drug-likeness (QED) is 0.689. The van der Waals surface area contributed by atoms with Gasteiger partial charge in [-0.3, -0.25) is 14.4 Å². The highest BCUT2D eigenvalue weighted by Crippen LogP contribution is 2.36. The van der Waals surface area contributed by atoms with Gasteiger partial charge in [0.1, 0.15) is 24.8 Å². The molecule has 172 valence electrons. The minimum atomic E-state index is -0.726. The molecule has 1 N–H and O–H groups in total. The first-order valence-electron chi connectivity index (χ1n) is 11.2. The molecule has 0 bridgehead atoms. The molecule has 9 heteroatoms. The molecule has 1 saturated carbocycles. The number of halogens is 1. The highest BCUT2D eigenvalue weighted by atomic mass is 35.5. The largest absolute Gasteiger partial charge is 0.454 e. The molecule has 1 aliphatic carbocycles. The number of hydrogen-bond donors (Lipinski definition) is 1. The van der Waals surface area contributed by atoms with E-state index in [1.54, 1.807) is 18.2 Å². The Bertz CT molecular complexity index is 931. The smallest absolute Gasteiger partial charge is 0.252 e. The van der Waals surface area contributed by atoms with E-state index in [0.717, 1.165) is 25.7 Å². The number of rotatable bonds is 4. The maximum Gasteiger partial charge on any atom is 0.252 e. The van der Waals surface area contributed by atoms with Crippen molar-refractivity contribution in [1.82, 2.24) is 10.2 Å². The number of ether oxygens (including phenoxy) is 3. The molecule has 3 heterocycles. The summed E-state index contributed by atoms with van der Waals surface area (Å²) in [6.07, 6.45) is 3.21. The van der Waals surface area contributed by atoms with E-state index < -0.39 is 23.6 Å². The van der Waals surface area contributed by atoms with Gasteiger partial charge in [-0.2, -0.15) is 0 Å². The Hall–Kier alpha value is -2.32. The Kier molecular flexibility index (Phi) is 5.75. The lowest BCUT2D eigenvalue weighted by Gasteiger charge is -2.35. The highest BCUT2D eigenvalue weighted by Gasteiger charge is 2.53. The molecule has 4 aliphatic rings. The van der Waals surface area contributed by atoms with Gasteiger partial charge in [-0.25, -0.2) is 0 Å². The van der Waals surface area contributed by atoms with Crippen LogP contribution in [0.3, 0.4) is 0 Å². The number of carbonyl (C=O) groups is 3. The summed E-state index contributed by atoms with van der Waals surface area (Å²) in [5, 5.41) is 2.54. The van der Waals surface area contributed by atoms with Crippen LogP contribution in [0.4, 0.5) is 0 Å². The van der Waals surface area contributed by atoms with Crippen molar-refractivity contribution < 1.29 is 28.6 Å². The van der Waals surface area contributed by atoms with Crippen LogP contribution < -0.4 is 14.8 Å².